The first-order valence-electron chi connectivity index (χ1n) is 6.41. The average Bonchev–Trinajstić information content (AvgIpc) is 2.74. The van der Waals surface area contributed by atoms with E-state index in [1.807, 2.05) is 6.92 Å². The molecule has 1 aromatic rings. The van der Waals surface area contributed by atoms with Crippen LogP contribution in [0.2, 0.25) is 0 Å². The van der Waals surface area contributed by atoms with Gasteiger partial charge in [-0.15, -0.1) is 0 Å². The second kappa shape index (κ2) is 4.62. The lowest BCUT2D eigenvalue weighted by molar-refractivity contribution is 0.384. The van der Waals surface area contributed by atoms with Crippen LogP contribution in [-0.2, 0) is 0 Å². The van der Waals surface area contributed by atoms with Gasteiger partial charge in [-0.25, -0.2) is 0 Å². The number of aryl methyl sites for hydroxylation is 2. The molecule has 0 amide bonds. The minimum Gasteiger partial charge on any atom is -0.466 e. The van der Waals surface area contributed by atoms with Crippen LogP contribution >= 0.6 is 0 Å². The fourth-order valence-electron chi connectivity index (χ4n) is 2.88. The van der Waals surface area contributed by atoms with E-state index in [1.54, 1.807) is 0 Å². The summed E-state index contributed by atoms with van der Waals surface area (Å²) in [5.74, 6) is 2.89. The Labute approximate surface area is 98.4 Å². The first-order valence-corrected chi connectivity index (χ1v) is 6.41. The summed E-state index contributed by atoms with van der Waals surface area (Å²) >= 11 is 0. The highest BCUT2D eigenvalue weighted by atomic mass is 16.3. The normalized spacial score (nSPS) is 27.2. The minimum atomic E-state index is 0.406. The molecule has 0 saturated heterocycles. The van der Waals surface area contributed by atoms with Gasteiger partial charge in [0.2, 0.25) is 0 Å². The van der Waals surface area contributed by atoms with Gasteiger partial charge in [0.1, 0.15) is 11.5 Å². The van der Waals surface area contributed by atoms with Gasteiger partial charge in [-0.05, 0) is 45.6 Å². The van der Waals surface area contributed by atoms with Crippen molar-refractivity contribution in [1.82, 2.24) is 5.32 Å². The standard InChI is InChI=1S/C14H23NO/c1-9-6-5-7-14(9)15-11(3)13-8-10(2)16-12(13)4/h8-9,11,14-15H,5-7H2,1-4H3. The third-order valence-electron chi connectivity index (χ3n) is 3.87. The fourth-order valence-corrected chi connectivity index (χ4v) is 2.88. The maximum absolute atomic E-state index is 5.59. The van der Waals surface area contributed by atoms with Crippen LogP contribution in [0.25, 0.3) is 0 Å². The van der Waals surface area contributed by atoms with Crippen LogP contribution in [0.3, 0.4) is 0 Å². The molecule has 2 nitrogen and oxygen atoms in total. The van der Waals surface area contributed by atoms with Crippen molar-refractivity contribution in [1.29, 1.82) is 0 Å². The van der Waals surface area contributed by atoms with Gasteiger partial charge in [-0.1, -0.05) is 13.3 Å². The Morgan fingerprint density at radius 3 is 2.62 bits per heavy atom. The second-order valence-corrected chi connectivity index (χ2v) is 5.27. The van der Waals surface area contributed by atoms with Gasteiger partial charge in [0.05, 0.1) is 0 Å². The van der Waals surface area contributed by atoms with Crippen LogP contribution in [0.15, 0.2) is 10.5 Å². The molecule has 0 spiro atoms. The molecule has 1 fully saturated rings. The molecule has 0 radical (unpaired) electrons. The summed E-state index contributed by atoms with van der Waals surface area (Å²) in [7, 11) is 0. The van der Waals surface area contributed by atoms with Crippen molar-refractivity contribution in [3.05, 3.63) is 23.2 Å². The number of nitrogens with one attached hydrogen (secondary N) is 1. The Balaban J connectivity index is 2.02. The van der Waals surface area contributed by atoms with Crippen molar-refractivity contribution in [2.24, 2.45) is 5.92 Å². The molecule has 90 valence electrons. The molecule has 1 aliphatic carbocycles. The quantitative estimate of drug-likeness (QED) is 0.841. The highest BCUT2D eigenvalue weighted by Gasteiger charge is 2.25. The first-order chi connectivity index (χ1) is 7.58. The van der Waals surface area contributed by atoms with Gasteiger partial charge >= 0.3 is 0 Å². The summed E-state index contributed by atoms with van der Waals surface area (Å²) in [6, 6.07) is 3.25. The molecule has 2 rings (SSSR count). The Morgan fingerprint density at radius 2 is 2.12 bits per heavy atom. The van der Waals surface area contributed by atoms with Crippen LogP contribution in [0.5, 0.6) is 0 Å². The minimum absolute atomic E-state index is 0.406. The van der Waals surface area contributed by atoms with Crippen LogP contribution in [0.1, 0.15) is 56.2 Å². The van der Waals surface area contributed by atoms with Crippen molar-refractivity contribution in [3.8, 4) is 0 Å². The zero-order chi connectivity index (χ0) is 11.7. The lowest BCUT2D eigenvalue weighted by Gasteiger charge is -2.22. The van der Waals surface area contributed by atoms with Crippen molar-refractivity contribution >= 4 is 0 Å². The van der Waals surface area contributed by atoms with Crippen LogP contribution in [0.4, 0.5) is 0 Å². The van der Waals surface area contributed by atoms with Gasteiger partial charge in [0.25, 0.3) is 0 Å². The summed E-state index contributed by atoms with van der Waals surface area (Å²) < 4.78 is 5.59. The van der Waals surface area contributed by atoms with Crippen molar-refractivity contribution in [2.75, 3.05) is 0 Å². The molecule has 0 aromatic carbocycles. The Bertz CT molecular complexity index is 356. The summed E-state index contributed by atoms with van der Waals surface area (Å²) in [6.45, 7) is 8.66. The number of furan rings is 1. The lowest BCUT2D eigenvalue weighted by Crippen LogP contribution is -2.33. The maximum Gasteiger partial charge on any atom is 0.105 e. The molecular formula is C14H23NO. The smallest absolute Gasteiger partial charge is 0.105 e. The van der Waals surface area contributed by atoms with E-state index in [4.69, 9.17) is 4.42 Å². The number of rotatable bonds is 3. The fraction of sp³-hybridized carbons (Fsp3) is 0.714. The Morgan fingerprint density at radius 1 is 1.38 bits per heavy atom. The third kappa shape index (κ3) is 2.32. The third-order valence-corrected chi connectivity index (χ3v) is 3.87. The maximum atomic E-state index is 5.59. The van der Waals surface area contributed by atoms with Gasteiger partial charge < -0.3 is 9.73 Å². The SMILES string of the molecule is Cc1cc(C(C)NC2CCCC2C)c(C)o1. The highest BCUT2D eigenvalue weighted by molar-refractivity contribution is 5.23. The van der Waals surface area contributed by atoms with E-state index in [9.17, 15) is 0 Å². The topological polar surface area (TPSA) is 25.2 Å². The Kier molecular flexibility index (Phi) is 3.38. The molecule has 2 heteroatoms. The van der Waals surface area contributed by atoms with E-state index in [0.29, 0.717) is 12.1 Å². The molecule has 1 aromatic heterocycles. The van der Waals surface area contributed by atoms with Crippen molar-refractivity contribution in [2.45, 2.75) is 59.0 Å². The van der Waals surface area contributed by atoms with Gasteiger partial charge in [-0.3, -0.25) is 0 Å². The average molecular weight is 221 g/mol. The van der Waals surface area contributed by atoms with Gasteiger partial charge in [-0.2, -0.15) is 0 Å². The predicted octanol–water partition coefficient (Wildman–Crippen LogP) is 3.74. The Hall–Kier alpha value is -0.760. The van der Waals surface area contributed by atoms with E-state index in [2.05, 4.69) is 32.2 Å². The molecular weight excluding hydrogens is 198 g/mol. The molecule has 3 atom stereocenters. The van der Waals surface area contributed by atoms with E-state index in [1.165, 1.54) is 24.8 Å². The summed E-state index contributed by atoms with van der Waals surface area (Å²) in [6.07, 6.45) is 4.06. The van der Waals surface area contributed by atoms with Crippen LogP contribution < -0.4 is 5.32 Å². The van der Waals surface area contributed by atoms with Gasteiger partial charge in [0, 0.05) is 17.6 Å². The predicted molar refractivity (Wildman–Crippen MR) is 66.5 cm³/mol. The van der Waals surface area contributed by atoms with E-state index in [-0.39, 0.29) is 0 Å². The van der Waals surface area contributed by atoms with E-state index in [0.717, 1.165) is 17.4 Å². The van der Waals surface area contributed by atoms with Gasteiger partial charge in [0.15, 0.2) is 0 Å². The monoisotopic (exact) mass is 221 g/mol. The number of hydrogen-bond donors (Lipinski definition) is 1. The molecule has 0 aliphatic heterocycles. The molecule has 1 saturated carbocycles. The van der Waals surface area contributed by atoms with Crippen molar-refractivity contribution < 1.29 is 4.42 Å². The van der Waals surface area contributed by atoms with Crippen LogP contribution in [0, 0.1) is 19.8 Å². The van der Waals surface area contributed by atoms with Crippen molar-refractivity contribution in [3.63, 3.8) is 0 Å². The van der Waals surface area contributed by atoms with E-state index < -0.39 is 0 Å². The molecule has 1 N–H and O–H groups in total. The lowest BCUT2D eigenvalue weighted by atomic mass is 10.0. The molecule has 3 unspecified atom stereocenters. The summed E-state index contributed by atoms with van der Waals surface area (Å²) in [5.41, 5.74) is 1.32. The molecule has 0 bridgehead atoms. The molecule has 1 heterocycles. The largest absolute Gasteiger partial charge is 0.466 e. The van der Waals surface area contributed by atoms with E-state index >= 15 is 0 Å². The molecule has 1 aliphatic rings. The number of hydrogen-bond acceptors (Lipinski definition) is 2. The van der Waals surface area contributed by atoms with Crippen LogP contribution in [-0.4, -0.2) is 6.04 Å². The second-order valence-electron chi connectivity index (χ2n) is 5.27. The molecule has 16 heavy (non-hydrogen) atoms. The zero-order valence-electron chi connectivity index (χ0n) is 10.8. The summed E-state index contributed by atoms with van der Waals surface area (Å²) in [5, 5.41) is 3.74. The highest BCUT2D eigenvalue weighted by Crippen LogP contribution is 2.28. The summed E-state index contributed by atoms with van der Waals surface area (Å²) in [4.78, 5) is 0. The first kappa shape index (κ1) is 11.7. The zero-order valence-corrected chi connectivity index (χ0v) is 10.8.